The molecule has 0 fully saturated rings. The van der Waals surface area contributed by atoms with Gasteiger partial charge >= 0.3 is 5.97 Å². The van der Waals surface area contributed by atoms with Crippen molar-refractivity contribution in [2.45, 2.75) is 25.5 Å². The maximum atomic E-state index is 13.8. The number of halogens is 1. The Morgan fingerprint density at radius 1 is 1.18 bits per heavy atom. The molecule has 2 aromatic carbocycles. The number of carboxylic acid groups (broad SMARTS) is 1. The number of amides is 1. The van der Waals surface area contributed by atoms with Gasteiger partial charge in [0, 0.05) is 34.8 Å². The molecule has 34 heavy (non-hydrogen) atoms. The van der Waals surface area contributed by atoms with Gasteiger partial charge in [-0.1, -0.05) is 24.3 Å². The first-order valence-corrected chi connectivity index (χ1v) is 10.9. The van der Waals surface area contributed by atoms with Crippen LogP contribution < -0.4 is 10.6 Å². The Kier molecular flexibility index (Phi) is 5.81. The number of carboxylic acids is 1. The Labute approximate surface area is 195 Å². The largest absolute Gasteiger partial charge is 0.487 e. The molecule has 3 heterocycles. The van der Waals surface area contributed by atoms with E-state index in [1.165, 1.54) is 12.1 Å². The molecule has 3 aromatic rings. The van der Waals surface area contributed by atoms with Crippen molar-refractivity contribution in [3.05, 3.63) is 94.6 Å². The van der Waals surface area contributed by atoms with Crippen LogP contribution in [0.4, 0.5) is 10.1 Å². The van der Waals surface area contributed by atoms with Crippen LogP contribution in [0.25, 0.3) is 11.3 Å². The fourth-order valence-corrected chi connectivity index (χ4v) is 4.33. The fourth-order valence-electron chi connectivity index (χ4n) is 4.33. The van der Waals surface area contributed by atoms with E-state index in [1.54, 1.807) is 24.5 Å². The minimum absolute atomic E-state index is 0.312. The molecule has 0 saturated heterocycles. The molecule has 1 atom stereocenters. The maximum absolute atomic E-state index is 13.8. The van der Waals surface area contributed by atoms with Gasteiger partial charge in [-0.25, -0.2) is 4.39 Å². The molecular formula is C26H22FN3O4. The number of carbonyl (C=O) groups is 2. The van der Waals surface area contributed by atoms with Gasteiger partial charge in [-0.05, 0) is 54.8 Å². The molecule has 0 spiro atoms. The summed E-state index contributed by atoms with van der Waals surface area (Å²) in [6.45, 7) is 0.798. The first-order chi connectivity index (χ1) is 16.5. The summed E-state index contributed by atoms with van der Waals surface area (Å²) in [4.78, 5) is 28.2. The van der Waals surface area contributed by atoms with Crippen LogP contribution in [0.3, 0.4) is 0 Å². The Balaban J connectivity index is 1.30. The number of pyridine rings is 1. The number of ether oxygens (including phenoxy) is 1. The summed E-state index contributed by atoms with van der Waals surface area (Å²) in [5.41, 5.74) is 5.01. The molecule has 2 aliphatic rings. The number of rotatable bonds is 7. The standard InChI is InChI=1S/C26H22FN3O4/c27-18-4-6-21-20(12-18)23(25(31)30-21)24-19-5-3-15(10-17(19)14-34-24)7-9-29-22(26(32)33)11-16-2-1-8-28-13-16/h1-6,8,10,12-13,22,29H,7,9,11,14H2,(H,30,31)(H,32,33). The normalized spacial score (nSPS) is 17.0. The van der Waals surface area contributed by atoms with E-state index in [0.717, 1.165) is 22.3 Å². The highest BCUT2D eigenvalue weighted by Gasteiger charge is 2.32. The summed E-state index contributed by atoms with van der Waals surface area (Å²) in [7, 11) is 0. The van der Waals surface area contributed by atoms with Gasteiger partial charge in [-0.2, -0.15) is 0 Å². The molecule has 7 nitrogen and oxygen atoms in total. The average Bonchev–Trinajstić information content (AvgIpc) is 3.38. The summed E-state index contributed by atoms with van der Waals surface area (Å²) in [5.74, 6) is -1.19. The van der Waals surface area contributed by atoms with Crippen molar-refractivity contribution in [1.82, 2.24) is 10.3 Å². The lowest BCUT2D eigenvalue weighted by Crippen LogP contribution is -2.39. The van der Waals surface area contributed by atoms with E-state index in [1.807, 2.05) is 24.3 Å². The third kappa shape index (κ3) is 4.27. The van der Waals surface area contributed by atoms with Gasteiger partial charge in [0.05, 0.1) is 5.57 Å². The van der Waals surface area contributed by atoms with Crippen molar-refractivity contribution in [1.29, 1.82) is 0 Å². The maximum Gasteiger partial charge on any atom is 0.321 e. The first kappa shape index (κ1) is 21.8. The van der Waals surface area contributed by atoms with Crippen LogP contribution >= 0.6 is 0 Å². The van der Waals surface area contributed by atoms with Crippen LogP contribution in [0, 0.1) is 5.82 Å². The predicted molar refractivity (Wildman–Crippen MR) is 124 cm³/mol. The highest BCUT2D eigenvalue weighted by molar-refractivity contribution is 6.36. The summed E-state index contributed by atoms with van der Waals surface area (Å²) in [5, 5.41) is 15.4. The van der Waals surface area contributed by atoms with Gasteiger partial charge in [-0.15, -0.1) is 0 Å². The summed E-state index contributed by atoms with van der Waals surface area (Å²) >= 11 is 0. The number of carbonyl (C=O) groups excluding carboxylic acids is 1. The van der Waals surface area contributed by atoms with Crippen molar-refractivity contribution in [2.24, 2.45) is 0 Å². The van der Waals surface area contributed by atoms with E-state index in [-0.39, 0.29) is 5.91 Å². The molecule has 0 saturated carbocycles. The van der Waals surface area contributed by atoms with Crippen molar-refractivity contribution in [3.8, 4) is 0 Å². The highest BCUT2D eigenvalue weighted by atomic mass is 19.1. The predicted octanol–water partition coefficient (Wildman–Crippen LogP) is 3.40. The number of aromatic nitrogens is 1. The molecule has 1 unspecified atom stereocenters. The Bertz CT molecular complexity index is 1310. The van der Waals surface area contributed by atoms with Gasteiger partial charge in [-0.3, -0.25) is 14.6 Å². The van der Waals surface area contributed by atoms with E-state index < -0.39 is 17.8 Å². The highest BCUT2D eigenvalue weighted by Crippen LogP contribution is 2.41. The van der Waals surface area contributed by atoms with E-state index in [2.05, 4.69) is 15.6 Å². The number of nitrogens with one attached hydrogen (secondary N) is 2. The van der Waals surface area contributed by atoms with E-state index in [4.69, 9.17) is 4.74 Å². The molecule has 0 radical (unpaired) electrons. The van der Waals surface area contributed by atoms with Crippen LogP contribution in [-0.2, 0) is 33.8 Å². The number of hydrogen-bond acceptors (Lipinski definition) is 5. The van der Waals surface area contributed by atoms with Crippen molar-refractivity contribution in [3.63, 3.8) is 0 Å². The third-order valence-corrected chi connectivity index (χ3v) is 6.00. The smallest absolute Gasteiger partial charge is 0.321 e. The van der Waals surface area contributed by atoms with E-state index >= 15 is 0 Å². The Hall–Kier alpha value is -4.04. The van der Waals surface area contributed by atoms with Crippen LogP contribution in [0.2, 0.25) is 0 Å². The number of anilines is 1. The lowest BCUT2D eigenvalue weighted by Gasteiger charge is -2.14. The molecule has 1 amide bonds. The summed E-state index contributed by atoms with van der Waals surface area (Å²) < 4.78 is 19.7. The van der Waals surface area contributed by atoms with Crippen molar-refractivity contribution in [2.75, 3.05) is 11.9 Å². The summed E-state index contributed by atoms with van der Waals surface area (Å²) in [6, 6.07) is 13.0. The number of aliphatic carboxylic acids is 1. The van der Waals surface area contributed by atoms with Crippen LogP contribution in [-0.4, -0.2) is 34.6 Å². The first-order valence-electron chi connectivity index (χ1n) is 10.9. The molecule has 0 aliphatic carbocycles. The molecule has 3 N–H and O–H groups in total. The monoisotopic (exact) mass is 459 g/mol. The number of nitrogens with zero attached hydrogens (tertiary/aromatic N) is 1. The zero-order valence-electron chi connectivity index (χ0n) is 18.2. The van der Waals surface area contributed by atoms with Gasteiger partial charge in [0.1, 0.15) is 24.2 Å². The number of hydrogen-bond donors (Lipinski definition) is 3. The third-order valence-electron chi connectivity index (χ3n) is 6.00. The topological polar surface area (TPSA) is 101 Å². The lowest BCUT2D eigenvalue weighted by atomic mass is 9.98. The number of fused-ring (bicyclic) bond motifs is 2. The summed E-state index contributed by atoms with van der Waals surface area (Å²) in [6.07, 6.45) is 4.30. The van der Waals surface area contributed by atoms with Gasteiger partial charge in [0.15, 0.2) is 0 Å². The second-order valence-electron chi connectivity index (χ2n) is 8.29. The Morgan fingerprint density at radius 3 is 2.85 bits per heavy atom. The van der Waals surface area contributed by atoms with Gasteiger partial charge in [0.25, 0.3) is 5.91 Å². The van der Waals surface area contributed by atoms with Crippen LogP contribution in [0.1, 0.15) is 27.8 Å². The molecule has 172 valence electrons. The molecule has 1 aromatic heterocycles. The SMILES string of the molecule is O=C1Nc2ccc(F)cc2C1=C1OCc2cc(CCNC(Cc3cccnc3)C(=O)O)ccc21. The molecule has 0 bridgehead atoms. The molecule has 2 aliphatic heterocycles. The van der Waals surface area contributed by atoms with E-state index in [9.17, 15) is 19.1 Å². The average molecular weight is 459 g/mol. The lowest BCUT2D eigenvalue weighted by molar-refractivity contribution is -0.139. The van der Waals surface area contributed by atoms with Crippen molar-refractivity contribution >= 4 is 28.9 Å². The van der Waals surface area contributed by atoms with Crippen LogP contribution in [0.15, 0.2) is 60.9 Å². The molecule has 8 heteroatoms. The second kappa shape index (κ2) is 9.07. The Morgan fingerprint density at radius 2 is 2.06 bits per heavy atom. The minimum atomic E-state index is -0.908. The van der Waals surface area contributed by atoms with Crippen molar-refractivity contribution < 1.29 is 23.8 Å². The fraction of sp³-hybridized carbons (Fsp3) is 0.192. The van der Waals surface area contributed by atoms with Crippen LogP contribution in [0.5, 0.6) is 0 Å². The molecule has 5 rings (SSSR count). The quantitative estimate of drug-likeness (QED) is 0.469. The zero-order chi connectivity index (χ0) is 23.7. The van der Waals surface area contributed by atoms with Gasteiger partial charge < -0.3 is 20.5 Å². The second-order valence-corrected chi connectivity index (χ2v) is 8.29. The van der Waals surface area contributed by atoms with Gasteiger partial charge in [0.2, 0.25) is 0 Å². The molecular weight excluding hydrogens is 437 g/mol. The minimum Gasteiger partial charge on any atom is -0.487 e. The number of benzene rings is 2. The zero-order valence-corrected chi connectivity index (χ0v) is 18.2. The van der Waals surface area contributed by atoms with E-state index in [0.29, 0.717) is 48.6 Å².